The van der Waals surface area contributed by atoms with Crippen LogP contribution in [0.2, 0.25) is 5.28 Å². The van der Waals surface area contributed by atoms with E-state index in [0.29, 0.717) is 0 Å². The molecular weight excluding hydrogens is 244 g/mol. The zero-order chi connectivity index (χ0) is 12.3. The maximum absolute atomic E-state index is 11.7. The highest BCUT2D eigenvalue weighted by Crippen LogP contribution is 2.06. The first-order chi connectivity index (χ1) is 8.16. The molecule has 2 N–H and O–H groups in total. The Kier molecular flexibility index (Phi) is 3.15. The summed E-state index contributed by atoms with van der Waals surface area (Å²) in [6, 6.07) is 2.74. The topological polar surface area (TPSA) is 87.7 Å². The van der Waals surface area contributed by atoms with Crippen LogP contribution in [-0.4, -0.2) is 20.9 Å². The Bertz CT molecular complexity index is 611. The monoisotopic (exact) mass is 250 g/mol. The number of anilines is 1. The van der Waals surface area contributed by atoms with Crippen molar-refractivity contribution >= 4 is 23.3 Å². The zero-order valence-corrected chi connectivity index (χ0v) is 9.23. The van der Waals surface area contributed by atoms with E-state index in [4.69, 9.17) is 11.6 Å². The quantitative estimate of drug-likeness (QED) is 0.781. The SMILES string of the molecule is O=C(Nc1ccnc(Cl)n1)c1c[nH]ccc1=O. The lowest BCUT2D eigenvalue weighted by Gasteiger charge is -2.02. The number of nitrogens with zero attached hydrogens (tertiary/aromatic N) is 2. The molecule has 2 rings (SSSR count). The molecule has 2 aromatic heterocycles. The van der Waals surface area contributed by atoms with Crippen molar-refractivity contribution in [2.24, 2.45) is 0 Å². The summed E-state index contributed by atoms with van der Waals surface area (Å²) >= 11 is 5.56. The van der Waals surface area contributed by atoms with Gasteiger partial charge in [-0.2, -0.15) is 0 Å². The first-order valence-corrected chi connectivity index (χ1v) is 5.01. The lowest BCUT2D eigenvalue weighted by atomic mass is 10.2. The lowest BCUT2D eigenvalue weighted by molar-refractivity contribution is 0.102. The molecule has 1 amide bonds. The molecule has 86 valence electrons. The number of rotatable bonds is 2. The Hall–Kier alpha value is -2.21. The maximum Gasteiger partial charge on any atom is 0.262 e. The molecule has 0 aliphatic heterocycles. The molecule has 2 aromatic rings. The normalized spacial score (nSPS) is 9.94. The number of aromatic nitrogens is 3. The van der Waals surface area contributed by atoms with Gasteiger partial charge in [-0.05, 0) is 17.7 Å². The number of pyridine rings is 1. The Morgan fingerprint density at radius 3 is 2.94 bits per heavy atom. The number of aromatic amines is 1. The van der Waals surface area contributed by atoms with Gasteiger partial charge >= 0.3 is 0 Å². The molecule has 0 radical (unpaired) electrons. The molecule has 17 heavy (non-hydrogen) atoms. The van der Waals surface area contributed by atoms with Gasteiger partial charge in [0.25, 0.3) is 5.91 Å². The van der Waals surface area contributed by atoms with Gasteiger partial charge in [-0.3, -0.25) is 9.59 Å². The summed E-state index contributed by atoms with van der Waals surface area (Å²) in [5.74, 6) is -0.320. The largest absolute Gasteiger partial charge is 0.367 e. The number of hydrogen-bond donors (Lipinski definition) is 2. The van der Waals surface area contributed by atoms with Gasteiger partial charge in [0, 0.05) is 24.7 Å². The Labute approximate surface area is 101 Å². The number of nitrogens with one attached hydrogen (secondary N) is 2. The highest BCUT2D eigenvalue weighted by Gasteiger charge is 2.10. The second kappa shape index (κ2) is 4.75. The summed E-state index contributed by atoms with van der Waals surface area (Å²) in [5, 5.41) is 2.46. The van der Waals surface area contributed by atoms with E-state index >= 15 is 0 Å². The van der Waals surface area contributed by atoms with Crippen molar-refractivity contribution in [1.82, 2.24) is 15.0 Å². The number of amides is 1. The molecule has 0 aliphatic carbocycles. The van der Waals surface area contributed by atoms with Gasteiger partial charge in [0.15, 0.2) is 5.43 Å². The Morgan fingerprint density at radius 2 is 2.24 bits per heavy atom. The Balaban J connectivity index is 2.23. The molecule has 6 nitrogen and oxygen atoms in total. The van der Waals surface area contributed by atoms with E-state index in [9.17, 15) is 9.59 Å². The van der Waals surface area contributed by atoms with Crippen LogP contribution in [0.4, 0.5) is 5.82 Å². The van der Waals surface area contributed by atoms with Gasteiger partial charge < -0.3 is 10.3 Å². The predicted molar refractivity (Wildman–Crippen MR) is 62.1 cm³/mol. The smallest absolute Gasteiger partial charge is 0.262 e. The summed E-state index contributed by atoms with van der Waals surface area (Å²) in [4.78, 5) is 33.2. The number of hydrogen-bond acceptors (Lipinski definition) is 4. The number of carbonyl (C=O) groups is 1. The van der Waals surface area contributed by atoms with Crippen LogP contribution in [0.5, 0.6) is 0 Å². The van der Waals surface area contributed by atoms with Gasteiger partial charge in [0.2, 0.25) is 5.28 Å². The molecule has 0 atom stereocenters. The summed E-state index contributed by atoms with van der Waals surface area (Å²) < 4.78 is 0. The van der Waals surface area contributed by atoms with Gasteiger partial charge in [-0.1, -0.05) is 0 Å². The van der Waals surface area contributed by atoms with E-state index in [2.05, 4.69) is 20.3 Å². The number of halogens is 1. The standard InChI is InChI=1S/C10H7ClN4O2/c11-10-13-4-2-8(15-10)14-9(17)6-5-12-3-1-7(6)16/h1-5H,(H,12,16)(H,13,14,15,17). The third-order valence-corrected chi connectivity index (χ3v) is 2.12. The Morgan fingerprint density at radius 1 is 1.41 bits per heavy atom. The highest BCUT2D eigenvalue weighted by atomic mass is 35.5. The van der Waals surface area contributed by atoms with E-state index in [1.807, 2.05) is 0 Å². The third kappa shape index (κ3) is 2.67. The van der Waals surface area contributed by atoms with Crippen LogP contribution in [0.15, 0.2) is 35.5 Å². The minimum absolute atomic E-state index is 0.00207. The average molecular weight is 251 g/mol. The summed E-state index contributed by atoms with van der Waals surface area (Å²) in [5.41, 5.74) is -0.372. The molecule has 0 bridgehead atoms. The van der Waals surface area contributed by atoms with E-state index in [-0.39, 0.29) is 22.1 Å². The predicted octanol–water partition coefficient (Wildman–Crippen LogP) is 1.07. The summed E-state index contributed by atoms with van der Waals surface area (Å²) in [7, 11) is 0. The summed E-state index contributed by atoms with van der Waals surface area (Å²) in [6.07, 6.45) is 4.17. The van der Waals surface area contributed by atoms with Crippen LogP contribution in [0, 0.1) is 0 Å². The van der Waals surface area contributed by atoms with Gasteiger partial charge in [0.05, 0.1) is 0 Å². The maximum atomic E-state index is 11.7. The zero-order valence-electron chi connectivity index (χ0n) is 8.48. The number of H-pyrrole nitrogens is 1. The molecule has 0 fully saturated rings. The van der Waals surface area contributed by atoms with Crippen molar-refractivity contribution in [3.05, 3.63) is 51.8 Å². The molecule has 0 saturated heterocycles. The first kappa shape index (κ1) is 11.3. The molecule has 0 unspecified atom stereocenters. The van der Waals surface area contributed by atoms with E-state index in [0.717, 1.165) is 0 Å². The average Bonchev–Trinajstić information content (AvgIpc) is 2.29. The van der Waals surface area contributed by atoms with Crippen LogP contribution in [0.1, 0.15) is 10.4 Å². The fourth-order valence-electron chi connectivity index (χ4n) is 1.18. The van der Waals surface area contributed by atoms with E-state index < -0.39 is 5.91 Å². The van der Waals surface area contributed by atoms with Crippen molar-refractivity contribution in [2.75, 3.05) is 5.32 Å². The van der Waals surface area contributed by atoms with Crippen LogP contribution in [0.3, 0.4) is 0 Å². The van der Waals surface area contributed by atoms with Crippen molar-refractivity contribution in [3.8, 4) is 0 Å². The van der Waals surface area contributed by atoms with Gasteiger partial charge in [-0.25, -0.2) is 9.97 Å². The molecule has 0 spiro atoms. The van der Waals surface area contributed by atoms with Crippen molar-refractivity contribution < 1.29 is 4.79 Å². The first-order valence-electron chi connectivity index (χ1n) is 4.64. The minimum Gasteiger partial charge on any atom is -0.367 e. The minimum atomic E-state index is -0.554. The second-order valence-electron chi connectivity index (χ2n) is 3.09. The molecule has 0 aliphatic rings. The fourth-order valence-corrected chi connectivity index (χ4v) is 1.33. The molecule has 0 aromatic carbocycles. The molecule has 7 heteroatoms. The van der Waals surface area contributed by atoms with Crippen LogP contribution < -0.4 is 10.7 Å². The molecule has 0 saturated carbocycles. The van der Waals surface area contributed by atoms with Crippen molar-refractivity contribution in [2.45, 2.75) is 0 Å². The number of carbonyl (C=O) groups excluding carboxylic acids is 1. The van der Waals surface area contributed by atoms with E-state index in [1.54, 1.807) is 0 Å². The third-order valence-electron chi connectivity index (χ3n) is 1.94. The van der Waals surface area contributed by atoms with Gasteiger partial charge in [0.1, 0.15) is 11.4 Å². The molecular formula is C10H7ClN4O2. The summed E-state index contributed by atoms with van der Waals surface area (Å²) in [6.45, 7) is 0. The van der Waals surface area contributed by atoms with Crippen LogP contribution >= 0.6 is 11.6 Å². The molecule has 2 heterocycles. The van der Waals surface area contributed by atoms with Crippen molar-refractivity contribution in [1.29, 1.82) is 0 Å². The van der Waals surface area contributed by atoms with Crippen molar-refractivity contribution in [3.63, 3.8) is 0 Å². The fraction of sp³-hybridized carbons (Fsp3) is 0. The lowest BCUT2D eigenvalue weighted by Crippen LogP contribution is -2.21. The second-order valence-corrected chi connectivity index (χ2v) is 3.43. The van der Waals surface area contributed by atoms with Crippen LogP contribution in [-0.2, 0) is 0 Å². The van der Waals surface area contributed by atoms with E-state index in [1.165, 1.54) is 30.7 Å². The highest BCUT2D eigenvalue weighted by molar-refractivity contribution is 6.28. The van der Waals surface area contributed by atoms with Gasteiger partial charge in [-0.15, -0.1) is 0 Å². The van der Waals surface area contributed by atoms with Crippen LogP contribution in [0.25, 0.3) is 0 Å².